The molecule has 1 aliphatic rings. The van der Waals surface area contributed by atoms with Gasteiger partial charge in [0, 0.05) is 30.3 Å². The lowest BCUT2D eigenvalue weighted by atomic mass is 9.97. The number of ether oxygens (including phenoxy) is 2. The number of hydrogen-bond acceptors (Lipinski definition) is 4. The maximum atomic E-state index is 6.01. The maximum Gasteiger partial charge on any atom is 0.183 e. The predicted molar refractivity (Wildman–Crippen MR) is 111 cm³/mol. The van der Waals surface area contributed by atoms with Gasteiger partial charge in [0.15, 0.2) is 6.29 Å². The van der Waals surface area contributed by atoms with Gasteiger partial charge in [0.1, 0.15) is 0 Å². The van der Waals surface area contributed by atoms with Gasteiger partial charge < -0.3 is 20.1 Å². The molecule has 0 saturated carbocycles. The molecule has 27 heavy (non-hydrogen) atoms. The van der Waals surface area contributed by atoms with Gasteiger partial charge in [-0.05, 0) is 43.1 Å². The second kappa shape index (κ2) is 10.5. The van der Waals surface area contributed by atoms with Crippen molar-refractivity contribution in [2.45, 2.75) is 38.4 Å². The van der Waals surface area contributed by atoms with Crippen molar-refractivity contribution in [1.29, 1.82) is 0 Å². The summed E-state index contributed by atoms with van der Waals surface area (Å²) in [5.74, 6) is 0.309. The molecular formula is C23H32N2O2. The van der Waals surface area contributed by atoms with Crippen LogP contribution >= 0.6 is 0 Å². The Morgan fingerprint density at radius 3 is 2.19 bits per heavy atom. The van der Waals surface area contributed by atoms with Crippen LogP contribution in [0, 0.1) is 0 Å². The van der Waals surface area contributed by atoms with Crippen molar-refractivity contribution < 1.29 is 9.47 Å². The summed E-state index contributed by atoms with van der Waals surface area (Å²) in [5, 5.41) is 6.51. The Morgan fingerprint density at radius 2 is 1.56 bits per heavy atom. The van der Waals surface area contributed by atoms with Crippen LogP contribution in [0.5, 0.6) is 0 Å². The zero-order valence-corrected chi connectivity index (χ0v) is 16.5. The first kappa shape index (κ1) is 19.9. The van der Waals surface area contributed by atoms with Crippen LogP contribution in [0.4, 0.5) is 5.69 Å². The molecule has 0 radical (unpaired) electrons. The van der Waals surface area contributed by atoms with E-state index < -0.39 is 0 Å². The van der Waals surface area contributed by atoms with Crippen molar-refractivity contribution in [2.75, 3.05) is 38.7 Å². The third-order valence-corrected chi connectivity index (χ3v) is 5.05. The molecule has 0 unspecified atom stereocenters. The summed E-state index contributed by atoms with van der Waals surface area (Å²) < 4.78 is 12.0. The summed E-state index contributed by atoms with van der Waals surface area (Å²) in [7, 11) is 1.95. The van der Waals surface area contributed by atoms with E-state index in [1.165, 1.54) is 24.0 Å². The van der Waals surface area contributed by atoms with Crippen molar-refractivity contribution in [3.05, 3.63) is 65.2 Å². The SMILES string of the molecule is CCCCc1ccc(C2COC(c3ccc(NCCNC)cc3)OC2)cc1. The number of rotatable bonds is 9. The van der Waals surface area contributed by atoms with Crippen molar-refractivity contribution in [1.82, 2.24) is 5.32 Å². The summed E-state index contributed by atoms with van der Waals surface area (Å²) >= 11 is 0. The summed E-state index contributed by atoms with van der Waals surface area (Å²) in [4.78, 5) is 0. The van der Waals surface area contributed by atoms with Crippen LogP contribution in [0.25, 0.3) is 0 Å². The summed E-state index contributed by atoms with van der Waals surface area (Å²) in [5.41, 5.74) is 4.91. The van der Waals surface area contributed by atoms with Crippen LogP contribution in [0.3, 0.4) is 0 Å². The smallest absolute Gasteiger partial charge is 0.183 e. The third kappa shape index (κ3) is 5.80. The minimum Gasteiger partial charge on any atom is -0.384 e. The molecule has 4 heteroatoms. The Labute approximate surface area is 163 Å². The van der Waals surface area contributed by atoms with Gasteiger partial charge in [0.25, 0.3) is 0 Å². The second-order valence-corrected chi connectivity index (χ2v) is 7.19. The van der Waals surface area contributed by atoms with Crippen LogP contribution < -0.4 is 10.6 Å². The molecule has 1 heterocycles. The van der Waals surface area contributed by atoms with Crippen molar-refractivity contribution in [2.24, 2.45) is 0 Å². The Bertz CT molecular complexity index is 662. The Morgan fingerprint density at radius 1 is 0.889 bits per heavy atom. The fourth-order valence-corrected chi connectivity index (χ4v) is 3.32. The molecule has 1 aliphatic heterocycles. The third-order valence-electron chi connectivity index (χ3n) is 5.05. The summed E-state index contributed by atoms with van der Waals surface area (Å²) in [6, 6.07) is 17.3. The number of likely N-dealkylation sites (N-methyl/N-ethyl adjacent to an activating group) is 1. The molecular weight excluding hydrogens is 336 g/mol. The first-order valence-corrected chi connectivity index (χ1v) is 10.1. The topological polar surface area (TPSA) is 42.5 Å². The minimum absolute atomic E-state index is 0.267. The van der Waals surface area contributed by atoms with Gasteiger partial charge in [-0.1, -0.05) is 49.7 Å². The van der Waals surface area contributed by atoms with Crippen LogP contribution in [0.2, 0.25) is 0 Å². The molecule has 0 aliphatic carbocycles. The quantitative estimate of drug-likeness (QED) is 0.640. The van der Waals surface area contributed by atoms with E-state index in [-0.39, 0.29) is 6.29 Å². The fraction of sp³-hybridized carbons (Fsp3) is 0.478. The van der Waals surface area contributed by atoms with Gasteiger partial charge in [-0.2, -0.15) is 0 Å². The minimum atomic E-state index is -0.267. The zero-order valence-electron chi connectivity index (χ0n) is 16.5. The number of nitrogens with one attached hydrogen (secondary N) is 2. The normalized spacial score (nSPS) is 19.8. The van der Waals surface area contributed by atoms with Gasteiger partial charge >= 0.3 is 0 Å². The Kier molecular flexibility index (Phi) is 7.69. The predicted octanol–water partition coefficient (Wildman–Crippen LogP) is 4.49. The highest BCUT2D eigenvalue weighted by Crippen LogP contribution is 2.30. The summed E-state index contributed by atoms with van der Waals surface area (Å²) in [6.07, 6.45) is 3.38. The molecule has 1 fully saturated rings. The van der Waals surface area contributed by atoms with Gasteiger partial charge in [-0.25, -0.2) is 0 Å². The van der Waals surface area contributed by atoms with E-state index in [1.54, 1.807) is 0 Å². The van der Waals surface area contributed by atoms with Crippen molar-refractivity contribution in [3.8, 4) is 0 Å². The number of unbranched alkanes of at least 4 members (excludes halogenated alkanes) is 1. The highest BCUT2D eigenvalue weighted by molar-refractivity contribution is 5.44. The summed E-state index contributed by atoms with van der Waals surface area (Å²) in [6.45, 7) is 5.47. The average molecular weight is 369 g/mol. The molecule has 0 atom stereocenters. The number of anilines is 1. The van der Waals surface area contributed by atoms with Gasteiger partial charge in [-0.3, -0.25) is 0 Å². The van der Waals surface area contributed by atoms with E-state index >= 15 is 0 Å². The van der Waals surface area contributed by atoms with E-state index in [9.17, 15) is 0 Å². The van der Waals surface area contributed by atoms with Crippen LogP contribution in [0.15, 0.2) is 48.5 Å². The van der Waals surface area contributed by atoms with E-state index in [0.717, 1.165) is 30.8 Å². The van der Waals surface area contributed by atoms with Crippen LogP contribution in [-0.2, 0) is 15.9 Å². The highest BCUT2D eigenvalue weighted by Gasteiger charge is 2.24. The van der Waals surface area contributed by atoms with Gasteiger partial charge in [-0.15, -0.1) is 0 Å². The monoisotopic (exact) mass is 368 g/mol. The first-order chi connectivity index (χ1) is 13.3. The van der Waals surface area contributed by atoms with Gasteiger partial charge in [0.05, 0.1) is 13.2 Å². The molecule has 0 spiro atoms. The second-order valence-electron chi connectivity index (χ2n) is 7.19. The number of benzene rings is 2. The molecule has 3 rings (SSSR count). The fourth-order valence-electron chi connectivity index (χ4n) is 3.32. The molecule has 1 saturated heterocycles. The zero-order chi connectivity index (χ0) is 18.9. The Hall–Kier alpha value is -1.88. The Balaban J connectivity index is 1.49. The molecule has 0 amide bonds. The average Bonchev–Trinajstić information content (AvgIpc) is 2.73. The standard InChI is InChI=1S/C23H32N2O2/c1-3-4-5-18-6-8-19(9-7-18)21-16-26-23(27-17-21)20-10-12-22(13-11-20)25-15-14-24-2/h6-13,21,23-25H,3-5,14-17H2,1-2H3. The van der Waals surface area contributed by atoms with Gasteiger partial charge in [0.2, 0.25) is 0 Å². The van der Waals surface area contributed by atoms with E-state index in [2.05, 4.69) is 66.1 Å². The molecule has 2 aromatic carbocycles. The number of hydrogen-bond donors (Lipinski definition) is 2. The lowest BCUT2D eigenvalue weighted by molar-refractivity contribution is -0.191. The van der Waals surface area contributed by atoms with E-state index in [1.807, 2.05) is 7.05 Å². The maximum absolute atomic E-state index is 6.01. The molecule has 0 aromatic heterocycles. The molecule has 0 bridgehead atoms. The van der Waals surface area contributed by atoms with E-state index in [0.29, 0.717) is 19.1 Å². The molecule has 2 N–H and O–H groups in total. The van der Waals surface area contributed by atoms with Crippen molar-refractivity contribution >= 4 is 5.69 Å². The van der Waals surface area contributed by atoms with Crippen LogP contribution in [0.1, 0.15) is 48.7 Å². The highest BCUT2D eigenvalue weighted by atomic mass is 16.7. The lowest BCUT2D eigenvalue weighted by Crippen LogP contribution is -2.25. The number of aryl methyl sites for hydroxylation is 1. The molecule has 2 aromatic rings. The lowest BCUT2D eigenvalue weighted by Gasteiger charge is -2.30. The molecule has 4 nitrogen and oxygen atoms in total. The van der Waals surface area contributed by atoms with E-state index in [4.69, 9.17) is 9.47 Å². The first-order valence-electron chi connectivity index (χ1n) is 10.1. The van der Waals surface area contributed by atoms with Crippen molar-refractivity contribution in [3.63, 3.8) is 0 Å². The largest absolute Gasteiger partial charge is 0.384 e. The van der Waals surface area contributed by atoms with Crippen LogP contribution in [-0.4, -0.2) is 33.4 Å². The molecule has 146 valence electrons.